The van der Waals surface area contributed by atoms with E-state index in [-0.39, 0.29) is 20.1 Å². The molecule has 4 aromatic rings. The first-order chi connectivity index (χ1) is 10.9. The number of fused-ring (bicyclic) bond motifs is 1. The predicted molar refractivity (Wildman–Crippen MR) is 91.5 cm³/mol. The van der Waals surface area contributed by atoms with E-state index in [9.17, 15) is 0 Å². The Morgan fingerprint density at radius 2 is 1.48 bits per heavy atom. The first-order valence-electron chi connectivity index (χ1n) is 7.33. The summed E-state index contributed by atoms with van der Waals surface area (Å²) in [5.41, 5.74) is 4.38. The van der Waals surface area contributed by atoms with Gasteiger partial charge in [0.15, 0.2) is 0 Å². The van der Waals surface area contributed by atoms with Crippen LogP contribution in [-0.2, 0) is 20.1 Å². The maximum atomic E-state index is 4.55. The minimum Gasteiger partial charge on any atom is -0.304 e. The van der Waals surface area contributed by atoms with Crippen molar-refractivity contribution in [3.05, 3.63) is 91.1 Å². The van der Waals surface area contributed by atoms with Gasteiger partial charge in [0.25, 0.3) is 0 Å². The van der Waals surface area contributed by atoms with Gasteiger partial charge in [0, 0.05) is 26.3 Å². The molecule has 1 aromatic heterocycles. The fraction of sp³-hybridized carbons (Fsp3) is 0. The molecule has 0 atom stereocenters. The molecule has 0 N–H and O–H groups in total. The Morgan fingerprint density at radius 1 is 0.696 bits per heavy atom. The van der Waals surface area contributed by atoms with E-state index in [0.717, 1.165) is 16.6 Å². The van der Waals surface area contributed by atoms with Gasteiger partial charge in [0.05, 0.1) is 0 Å². The summed E-state index contributed by atoms with van der Waals surface area (Å²) in [6, 6.07) is 30.3. The second-order valence-corrected chi connectivity index (χ2v) is 5.24. The van der Waals surface area contributed by atoms with Crippen LogP contribution >= 0.6 is 0 Å². The summed E-state index contributed by atoms with van der Waals surface area (Å²) in [7, 11) is 0. The van der Waals surface area contributed by atoms with Crippen LogP contribution in [-0.4, -0.2) is 4.98 Å². The van der Waals surface area contributed by atoms with Crippen molar-refractivity contribution in [2.24, 2.45) is 0 Å². The van der Waals surface area contributed by atoms with Gasteiger partial charge in [-0.3, -0.25) is 0 Å². The van der Waals surface area contributed by atoms with E-state index in [1.54, 1.807) is 0 Å². The van der Waals surface area contributed by atoms with Gasteiger partial charge in [-0.25, -0.2) is 0 Å². The quantitative estimate of drug-likeness (QED) is 0.358. The van der Waals surface area contributed by atoms with Gasteiger partial charge in [-0.2, -0.15) is 0 Å². The molecule has 0 aliphatic heterocycles. The van der Waals surface area contributed by atoms with Gasteiger partial charge in [-0.1, -0.05) is 65.7 Å². The van der Waals surface area contributed by atoms with Gasteiger partial charge in [0.2, 0.25) is 0 Å². The maximum absolute atomic E-state index is 4.55. The monoisotopic (exact) mass is 473 g/mol. The number of hydrogen-bond acceptors (Lipinski definition) is 1. The first kappa shape index (κ1) is 15.6. The molecule has 0 aliphatic rings. The summed E-state index contributed by atoms with van der Waals surface area (Å²) in [5, 5.41) is 2.36. The SMILES string of the molecule is [Ir].[c-]1cc(-c2ccccc2)ccc1-c1nccc2ccccc12. The van der Waals surface area contributed by atoms with Crippen LogP contribution in [0.25, 0.3) is 33.2 Å². The zero-order valence-electron chi connectivity index (χ0n) is 12.4. The van der Waals surface area contributed by atoms with E-state index >= 15 is 0 Å². The maximum Gasteiger partial charge on any atom is 0.0167 e. The molecule has 23 heavy (non-hydrogen) atoms. The summed E-state index contributed by atoms with van der Waals surface area (Å²) in [6.45, 7) is 0. The van der Waals surface area contributed by atoms with Crippen molar-refractivity contribution in [1.29, 1.82) is 0 Å². The first-order valence-corrected chi connectivity index (χ1v) is 7.33. The van der Waals surface area contributed by atoms with E-state index in [1.807, 2.05) is 36.5 Å². The zero-order chi connectivity index (χ0) is 14.8. The Bertz CT molecular complexity index is 910. The van der Waals surface area contributed by atoms with Crippen LogP contribution in [0.3, 0.4) is 0 Å². The third-order valence-electron chi connectivity index (χ3n) is 3.85. The van der Waals surface area contributed by atoms with Crippen LogP contribution in [0.4, 0.5) is 0 Å². The molecule has 0 fully saturated rings. The van der Waals surface area contributed by atoms with Crippen LogP contribution in [0.15, 0.2) is 85.1 Å². The molecule has 3 aromatic carbocycles. The summed E-state index contributed by atoms with van der Waals surface area (Å²) in [4.78, 5) is 4.55. The van der Waals surface area contributed by atoms with E-state index in [1.165, 1.54) is 16.5 Å². The molecule has 113 valence electrons. The normalized spacial score (nSPS) is 10.3. The number of hydrogen-bond donors (Lipinski definition) is 0. The van der Waals surface area contributed by atoms with Crippen molar-refractivity contribution in [2.45, 2.75) is 0 Å². The fourth-order valence-electron chi connectivity index (χ4n) is 2.72. The molecule has 1 radical (unpaired) electrons. The molecule has 4 rings (SSSR count). The van der Waals surface area contributed by atoms with Crippen LogP contribution in [0.5, 0.6) is 0 Å². The number of nitrogens with zero attached hydrogens (tertiary/aromatic N) is 1. The van der Waals surface area contributed by atoms with Crippen molar-refractivity contribution in [1.82, 2.24) is 4.98 Å². The van der Waals surface area contributed by atoms with Crippen molar-refractivity contribution >= 4 is 10.8 Å². The van der Waals surface area contributed by atoms with Gasteiger partial charge in [-0.15, -0.1) is 29.8 Å². The molecule has 0 saturated heterocycles. The Morgan fingerprint density at radius 3 is 2.26 bits per heavy atom. The predicted octanol–water partition coefficient (Wildman–Crippen LogP) is 5.37. The molecule has 0 unspecified atom stereocenters. The molecule has 0 saturated carbocycles. The van der Waals surface area contributed by atoms with E-state index < -0.39 is 0 Å². The Hall–Kier alpha value is -2.28. The second-order valence-electron chi connectivity index (χ2n) is 5.24. The zero-order valence-corrected chi connectivity index (χ0v) is 14.8. The summed E-state index contributed by atoms with van der Waals surface area (Å²) >= 11 is 0. The van der Waals surface area contributed by atoms with Crippen LogP contribution in [0.2, 0.25) is 0 Å². The standard InChI is InChI=1S/C21H14N.Ir/c1-2-6-16(7-3-1)17-10-12-19(13-11-17)21-20-9-5-4-8-18(20)14-15-22-21;/h1-12,14-15H;/q-1;. The fourth-order valence-corrected chi connectivity index (χ4v) is 2.72. The molecular weight excluding hydrogens is 458 g/mol. The average Bonchev–Trinajstić information content (AvgIpc) is 2.62. The van der Waals surface area contributed by atoms with E-state index in [0.29, 0.717) is 0 Å². The smallest absolute Gasteiger partial charge is 0.0167 e. The third kappa shape index (κ3) is 3.10. The molecule has 0 spiro atoms. The summed E-state index contributed by atoms with van der Waals surface area (Å²) in [6.07, 6.45) is 1.86. The summed E-state index contributed by atoms with van der Waals surface area (Å²) < 4.78 is 0. The van der Waals surface area contributed by atoms with Crippen LogP contribution < -0.4 is 0 Å². The van der Waals surface area contributed by atoms with Gasteiger partial charge in [-0.05, 0) is 22.5 Å². The number of aromatic nitrogens is 1. The largest absolute Gasteiger partial charge is 0.304 e. The van der Waals surface area contributed by atoms with E-state index in [4.69, 9.17) is 0 Å². The van der Waals surface area contributed by atoms with Crippen molar-refractivity contribution in [2.75, 3.05) is 0 Å². The number of rotatable bonds is 2. The van der Waals surface area contributed by atoms with Gasteiger partial charge >= 0.3 is 0 Å². The van der Waals surface area contributed by atoms with E-state index in [2.05, 4.69) is 59.6 Å². The Kier molecular flexibility index (Phi) is 4.66. The van der Waals surface area contributed by atoms with Crippen LogP contribution in [0, 0.1) is 6.07 Å². The molecular formula is C21H14IrN-. The molecule has 0 bridgehead atoms. The second kappa shape index (κ2) is 6.87. The number of pyridine rings is 1. The Balaban J connectivity index is 0.00000156. The molecule has 2 heteroatoms. The van der Waals surface area contributed by atoms with Crippen molar-refractivity contribution in [3.63, 3.8) is 0 Å². The third-order valence-corrected chi connectivity index (χ3v) is 3.85. The van der Waals surface area contributed by atoms with Gasteiger partial charge in [0.1, 0.15) is 0 Å². The Labute approximate surface area is 149 Å². The summed E-state index contributed by atoms with van der Waals surface area (Å²) in [5.74, 6) is 0. The van der Waals surface area contributed by atoms with Crippen LogP contribution in [0.1, 0.15) is 0 Å². The minimum absolute atomic E-state index is 0. The average molecular weight is 473 g/mol. The molecule has 0 amide bonds. The van der Waals surface area contributed by atoms with Crippen molar-refractivity contribution in [3.8, 4) is 22.4 Å². The van der Waals surface area contributed by atoms with Crippen molar-refractivity contribution < 1.29 is 20.1 Å². The minimum atomic E-state index is 0. The molecule has 1 nitrogen and oxygen atoms in total. The topological polar surface area (TPSA) is 12.9 Å². The number of benzene rings is 3. The molecule has 0 aliphatic carbocycles. The molecule has 1 heterocycles. The van der Waals surface area contributed by atoms with Gasteiger partial charge < -0.3 is 4.98 Å².